The SMILES string of the molecule is Cc1cc(C)c(-c2cccc(Br)c2F)cc1C(=O)O. The summed E-state index contributed by atoms with van der Waals surface area (Å²) in [6.45, 7) is 3.58. The van der Waals surface area contributed by atoms with Crippen molar-refractivity contribution in [3.8, 4) is 11.1 Å². The molecule has 2 rings (SSSR count). The summed E-state index contributed by atoms with van der Waals surface area (Å²) in [7, 11) is 0. The first-order chi connectivity index (χ1) is 8.91. The first-order valence-electron chi connectivity index (χ1n) is 5.70. The summed E-state index contributed by atoms with van der Waals surface area (Å²) in [5, 5.41) is 9.15. The molecule has 0 aliphatic rings. The first-order valence-corrected chi connectivity index (χ1v) is 6.50. The summed E-state index contributed by atoms with van der Waals surface area (Å²) in [6, 6.07) is 8.27. The van der Waals surface area contributed by atoms with Gasteiger partial charge in [-0.05, 0) is 58.6 Å². The molecular formula is C15H12BrFO2. The van der Waals surface area contributed by atoms with Crippen LogP contribution in [-0.4, -0.2) is 11.1 Å². The Morgan fingerprint density at radius 3 is 2.47 bits per heavy atom. The molecule has 0 fully saturated rings. The third-order valence-corrected chi connectivity index (χ3v) is 3.66. The molecule has 0 aromatic heterocycles. The lowest BCUT2D eigenvalue weighted by atomic mass is 9.95. The van der Waals surface area contributed by atoms with Gasteiger partial charge in [-0.15, -0.1) is 0 Å². The van der Waals surface area contributed by atoms with E-state index >= 15 is 0 Å². The van der Waals surface area contributed by atoms with Crippen LogP contribution in [0.3, 0.4) is 0 Å². The largest absolute Gasteiger partial charge is 0.478 e. The summed E-state index contributed by atoms with van der Waals surface area (Å²) in [5.74, 6) is -1.39. The number of carboxylic acid groups (broad SMARTS) is 1. The van der Waals surface area contributed by atoms with Crippen LogP contribution < -0.4 is 0 Å². The monoisotopic (exact) mass is 322 g/mol. The fourth-order valence-electron chi connectivity index (χ4n) is 2.08. The molecule has 0 unspecified atom stereocenters. The van der Waals surface area contributed by atoms with E-state index < -0.39 is 5.97 Å². The van der Waals surface area contributed by atoms with E-state index in [1.165, 1.54) is 6.07 Å². The quantitative estimate of drug-likeness (QED) is 0.879. The Hall–Kier alpha value is -1.68. The number of aryl methyl sites for hydroxylation is 2. The van der Waals surface area contributed by atoms with Crippen LogP contribution in [-0.2, 0) is 0 Å². The van der Waals surface area contributed by atoms with Gasteiger partial charge >= 0.3 is 5.97 Å². The highest BCUT2D eigenvalue weighted by Crippen LogP contribution is 2.31. The van der Waals surface area contributed by atoms with E-state index in [9.17, 15) is 9.18 Å². The third-order valence-electron chi connectivity index (χ3n) is 3.04. The Balaban J connectivity index is 2.72. The van der Waals surface area contributed by atoms with Crippen molar-refractivity contribution in [2.24, 2.45) is 0 Å². The van der Waals surface area contributed by atoms with Gasteiger partial charge in [-0.25, -0.2) is 9.18 Å². The molecule has 0 bridgehead atoms. The molecule has 0 atom stereocenters. The number of halogens is 2. The van der Waals surface area contributed by atoms with Gasteiger partial charge in [0.1, 0.15) is 5.82 Å². The van der Waals surface area contributed by atoms with Crippen LogP contribution in [0.15, 0.2) is 34.8 Å². The predicted molar refractivity (Wildman–Crippen MR) is 76.0 cm³/mol. The minimum Gasteiger partial charge on any atom is -0.478 e. The number of aromatic carboxylic acids is 1. The predicted octanol–water partition coefficient (Wildman–Crippen LogP) is 4.57. The first kappa shape index (κ1) is 13.7. The summed E-state index contributed by atoms with van der Waals surface area (Å²) in [4.78, 5) is 11.2. The van der Waals surface area contributed by atoms with Crippen molar-refractivity contribution >= 4 is 21.9 Å². The van der Waals surface area contributed by atoms with Crippen molar-refractivity contribution in [1.29, 1.82) is 0 Å². The van der Waals surface area contributed by atoms with E-state index in [0.717, 1.165) is 5.56 Å². The molecule has 4 heteroatoms. The van der Waals surface area contributed by atoms with Crippen LogP contribution in [0, 0.1) is 19.7 Å². The van der Waals surface area contributed by atoms with Crippen LogP contribution in [0.4, 0.5) is 4.39 Å². The third kappa shape index (κ3) is 2.54. The molecule has 0 radical (unpaired) electrons. The molecule has 2 aromatic rings. The van der Waals surface area contributed by atoms with Crippen molar-refractivity contribution < 1.29 is 14.3 Å². The molecule has 0 amide bonds. The number of carboxylic acids is 1. The maximum absolute atomic E-state index is 14.1. The zero-order valence-electron chi connectivity index (χ0n) is 10.5. The second-order valence-corrected chi connectivity index (χ2v) is 5.24. The molecule has 19 heavy (non-hydrogen) atoms. The lowest BCUT2D eigenvalue weighted by Crippen LogP contribution is -2.02. The standard InChI is InChI=1S/C15H12BrFO2/c1-8-6-9(2)12(15(18)19)7-11(8)10-4-3-5-13(16)14(10)17/h3-7H,1-2H3,(H,18,19). The van der Waals surface area contributed by atoms with E-state index in [4.69, 9.17) is 5.11 Å². The number of hydrogen-bond acceptors (Lipinski definition) is 1. The minimum atomic E-state index is -1.01. The van der Waals surface area contributed by atoms with Crippen molar-refractivity contribution in [2.45, 2.75) is 13.8 Å². The van der Waals surface area contributed by atoms with E-state index in [1.54, 1.807) is 31.2 Å². The lowest BCUT2D eigenvalue weighted by molar-refractivity contribution is 0.0696. The average molecular weight is 323 g/mol. The van der Waals surface area contributed by atoms with Gasteiger partial charge in [0.15, 0.2) is 0 Å². The van der Waals surface area contributed by atoms with Crippen molar-refractivity contribution in [1.82, 2.24) is 0 Å². The fraction of sp³-hybridized carbons (Fsp3) is 0.133. The zero-order chi connectivity index (χ0) is 14.2. The molecular weight excluding hydrogens is 311 g/mol. The molecule has 0 saturated carbocycles. The molecule has 0 heterocycles. The molecule has 98 valence electrons. The summed E-state index contributed by atoms with van der Waals surface area (Å²) in [5.41, 5.74) is 2.71. The van der Waals surface area contributed by atoms with Crippen molar-refractivity contribution in [2.75, 3.05) is 0 Å². The summed E-state index contributed by atoms with van der Waals surface area (Å²) in [6.07, 6.45) is 0. The highest BCUT2D eigenvalue weighted by molar-refractivity contribution is 9.10. The second-order valence-electron chi connectivity index (χ2n) is 4.39. The van der Waals surface area contributed by atoms with Crippen LogP contribution in [0.5, 0.6) is 0 Å². The second kappa shape index (κ2) is 5.13. The van der Waals surface area contributed by atoms with Gasteiger partial charge in [-0.1, -0.05) is 18.2 Å². The smallest absolute Gasteiger partial charge is 0.335 e. The fourth-order valence-corrected chi connectivity index (χ4v) is 2.45. The highest BCUT2D eigenvalue weighted by Gasteiger charge is 2.15. The van der Waals surface area contributed by atoms with Crippen LogP contribution >= 0.6 is 15.9 Å². The number of hydrogen-bond donors (Lipinski definition) is 1. The van der Waals surface area contributed by atoms with Crippen LogP contribution in [0.1, 0.15) is 21.5 Å². The summed E-state index contributed by atoms with van der Waals surface area (Å²) < 4.78 is 14.5. The van der Waals surface area contributed by atoms with Gasteiger partial charge in [0, 0.05) is 5.56 Å². The summed E-state index contributed by atoms with van der Waals surface area (Å²) >= 11 is 3.14. The van der Waals surface area contributed by atoms with Gasteiger partial charge in [0.25, 0.3) is 0 Å². The van der Waals surface area contributed by atoms with Gasteiger partial charge in [0.2, 0.25) is 0 Å². The highest BCUT2D eigenvalue weighted by atomic mass is 79.9. The number of benzene rings is 2. The Bertz CT molecular complexity index is 665. The van der Waals surface area contributed by atoms with E-state index in [0.29, 0.717) is 21.2 Å². The molecule has 0 aliphatic heterocycles. The van der Waals surface area contributed by atoms with E-state index in [-0.39, 0.29) is 11.4 Å². The van der Waals surface area contributed by atoms with Crippen LogP contribution in [0.2, 0.25) is 0 Å². The normalized spacial score (nSPS) is 10.5. The number of carbonyl (C=O) groups is 1. The van der Waals surface area contributed by atoms with Crippen LogP contribution in [0.25, 0.3) is 11.1 Å². The molecule has 0 saturated heterocycles. The van der Waals surface area contributed by atoms with Gasteiger partial charge in [-0.3, -0.25) is 0 Å². The van der Waals surface area contributed by atoms with Crippen molar-refractivity contribution in [3.63, 3.8) is 0 Å². The van der Waals surface area contributed by atoms with E-state index in [2.05, 4.69) is 15.9 Å². The molecule has 1 N–H and O–H groups in total. The maximum Gasteiger partial charge on any atom is 0.335 e. The van der Waals surface area contributed by atoms with Gasteiger partial charge < -0.3 is 5.11 Å². The van der Waals surface area contributed by atoms with Crippen molar-refractivity contribution in [3.05, 3.63) is 57.3 Å². The van der Waals surface area contributed by atoms with Gasteiger partial charge in [0.05, 0.1) is 10.0 Å². The molecule has 2 nitrogen and oxygen atoms in total. The lowest BCUT2D eigenvalue weighted by Gasteiger charge is -2.11. The Morgan fingerprint density at radius 2 is 1.84 bits per heavy atom. The topological polar surface area (TPSA) is 37.3 Å². The Morgan fingerprint density at radius 1 is 1.16 bits per heavy atom. The minimum absolute atomic E-state index is 0.194. The van der Waals surface area contributed by atoms with Gasteiger partial charge in [-0.2, -0.15) is 0 Å². The number of rotatable bonds is 2. The average Bonchev–Trinajstić information content (AvgIpc) is 2.33. The van der Waals surface area contributed by atoms with E-state index in [1.807, 2.05) is 6.92 Å². The zero-order valence-corrected chi connectivity index (χ0v) is 12.1. The Labute approximate surface area is 119 Å². The Kier molecular flexibility index (Phi) is 3.71. The maximum atomic E-state index is 14.1. The molecule has 2 aromatic carbocycles. The molecule has 0 spiro atoms. The molecule has 0 aliphatic carbocycles.